The second kappa shape index (κ2) is 8.02. The minimum absolute atomic E-state index is 0.373. The van der Waals surface area contributed by atoms with Crippen LogP contribution in [0.2, 0.25) is 0 Å². The number of hydrogen-bond acceptors (Lipinski definition) is 0. The maximum atomic E-state index is 2.34. The van der Waals surface area contributed by atoms with Crippen LogP contribution in [0.4, 0.5) is 0 Å². The van der Waals surface area contributed by atoms with Crippen molar-refractivity contribution in [2.24, 2.45) is 0 Å². The molecular formula is C21H28. The Balaban J connectivity index is 1.92. The second-order valence-corrected chi connectivity index (χ2v) is 6.05. The average Bonchev–Trinajstić information content (AvgIpc) is 2.57. The van der Waals surface area contributed by atoms with Gasteiger partial charge in [-0.05, 0) is 48.6 Å². The summed E-state index contributed by atoms with van der Waals surface area (Å²) in [5, 5.41) is 0. The lowest BCUT2D eigenvalue weighted by atomic mass is 9.72. The monoisotopic (exact) mass is 280 g/mol. The summed E-state index contributed by atoms with van der Waals surface area (Å²) in [6, 6.07) is 22.0. The van der Waals surface area contributed by atoms with E-state index in [2.05, 4.69) is 74.5 Å². The van der Waals surface area contributed by atoms with Gasteiger partial charge < -0.3 is 0 Å². The molecule has 0 atom stereocenters. The van der Waals surface area contributed by atoms with Crippen LogP contribution in [0.15, 0.2) is 60.7 Å². The first-order chi connectivity index (χ1) is 10.3. The van der Waals surface area contributed by atoms with Crippen molar-refractivity contribution in [1.82, 2.24) is 0 Å². The van der Waals surface area contributed by atoms with Gasteiger partial charge in [0.05, 0.1) is 0 Å². The lowest BCUT2D eigenvalue weighted by molar-refractivity contribution is 0.351. The summed E-state index contributed by atoms with van der Waals surface area (Å²) < 4.78 is 0. The molecule has 2 aromatic carbocycles. The predicted molar refractivity (Wildman–Crippen MR) is 92.7 cm³/mol. The minimum Gasteiger partial charge on any atom is -0.0645 e. The number of rotatable bonds is 8. The lowest BCUT2D eigenvalue weighted by Crippen LogP contribution is -2.24. The molecular weight excluding hydrogens is 252 g/mol. The number of benzene rings is 2. The summed E-state index contributed by atoms with van der Waals surface area (Å²) in [6.07, 6.45) is 7.58. The molecule has 21 heavy (non-hydrogen) atoms. The molecule has 0 amide bonds. The number of hydrogen-bond donors (Lipinski definition) is 0. The zero-order valence-electron chi connectivity index (χ0n) is 13.5. The van der Waals surface area contributed by atoms with E-state index in [0.717, 1.165) is 0 Å². The normalized spacial score (nSPS) is 11.5. The van der Waals surface area contributed by atoms with Gasteiger partial charge in [0.1, 0.15) is 0 Å². The second-order valence-electron chi connectivity index (χ2n) is 6.05. The van der Waals surface area contributed by atoms with Gasteiger partial charge in [0.2, 0.25) is 0 Å². The Morgan fingerprint density at radius 2 is 1.29 bits per heavy atom. The quantitative estimate of drug-likeness (QED) is 0.508. The molecule has 112 valence electrons. The van der Waals surface area contributed by atoms with Gasteiger partial charge in [0, 0.05) is 0 Å². The van der Waals surface area contributed by atoms with E-state index in [1.54, 1.807) is 0 Å². The van der Waals surface area contributed by atoms with Crippen molar-refractivity contribution in [3.8, 4) is 0 Å². The highest BCUT2D eigenvalue weighted by atomic mass is 14.3. The molecule has 0 aliphatic heterocycles. The molecule has 0 aliphatic carbocycles. The fourth-order valence-corrected chi connectivity index (χ4v) is 3.39. The van der Waals surface area contributed by atoms with Crippen LogP contribution in [0.1, 0.15) is 57.1 Å². The Bertz CT molecular complexity index is 494. The van der Waals surface area contributed by atoms with Gasteiger partial charge in [-0.1, -0.05) is 80.9 Å². The first kappa shape index (κ1) is 15.8. The van der Waals surface area contributed by atoms with Crippen LogP contribution in [0.5, 0.6) is 0 Å². The molecule has 0 saturated heterocycles. The summed E-state index contributed by atoms with van der Waals surface area (Å²) in [7, 11) is 0. The summed E-state index contributed by atoms with van der Waals surface area (Å²) in [5.41, 5.74) is 3.36. The largest absolute Gasteiger partial charge is 0.0645 e. The van der Waals surface area contributed by atoms with Crippen LogP contribution in [0.25, 0.3) is 0 Å². The molecule has 0 N–H and O–H groups in total. The van der Waals surface area contributed by atoms with E-state index in [9.17, 15) is 0 Å². The maximum absolute atomic E-state index is 2.34. The van der Waals surface area contributed by atoms with Crippen LogP contribution in [-0.2, 0) is 11.8 Å². The van der Waals surface area contributed by atoms with E-state index in [0.29, 0.717) is 5.41 Å². The van der Waals surface area contributed by atoms with E-state index in [4.69, 9.17) is 0 Å². The first-order valence-corrected chi connectivity index (χ1v) is 8.40. The molecule has 0 nitrogen and oxygen atoms in total. The Labute approximate surface area is 130 Å². The van der Waals surface area contributed by atoms with Gasteiger partial charge in [-0.15, -0.1) is 0 Å². The number of aryl methyl sites for hydroxylation is 1. The van der Waals surface area contributed by atoms with Crippen LogP contribution in [-0.4, -0.2) is 0 Å². The molecule has 0 heterocycles. The van der Waals surface area contributed by atoms with Crippen molar-refractivity contribution in [1.29, 1.82) is 0 Å². The summed E-state index contributed by atoms with van der Waals surface area (Å²) in [4.78, 5) is 0. The Hall–Kier alpha value is -1.56. The van der Waals surface area contributed by atoms with Crippen molar-refractivity contribution in [2.45, 2.75) is 57.8 Å². The van der Waals surface area contributed by atoms with E-state index < -0.39 is 0 Å². The molecule has 0 spiro atoms. The lowest BCUT2D eigenvalue weighted by Gasteiger charge is -2.32. The topological polar surface area (TPSA) is 0 Å². The average molecular weight is 280 g/mol. The highest BCUT2D eigenvalue weighted by Crippen LogP contribution is 2.36. The third-order valence-corrected chi connectivity index (χ3v) is 4.95. The third kappa shape index (κ3) is 4.20. The van der Waals surface area contributed by atoms with Crippen molar-refractivity contribution < 1.29 is 0 Å². The smallest absolute Gasteiger partial charge is 0.00522 e. The zero-order chi connectivity index (χ0) is 15.0. The van der Waals surface area contributed by atoms with Gasteiger partial charge >= 0.3 is 0 Å². The predicted octanol–water partition coefficient (Wildman–Crippen LogP) is 6.16. The Morgan fingerprint density at radius 1 is 0.714 bits per heavy atom. The van der Waals surface area contributed by atoms with E-state index in [-0.39, 0.29) is 0 Å². The van der Waals surface area contributed by atoms with E-state index in [1.165, 1.54) is 49.7 Å². The zero-order valence-corrected chi connectivity index (χ0v) is 13.5. The van der Waals surface area contributed by atoms with Crippen molar-refractivity contribution in [3.63, 3.8) is 0 Å². The summed E-state index contributed by atoms with van der Waals surface area (Å²) in [5.74, 6) is 0. The Kier molecular flexibility index (Phi) is 6.04. The summed E-state index contributed by atoms with van der Waals surface area (Å²) >= 11 is 0. The highest BCUT2D eigenvalue weighted by molar-refractivity contribution is 5.25. The standard InChI is InChI=1S/C21H28/c1-3-21(4-2,20-16-9-6-10-17-20)18-12-11-15-19-13-7-5-8-14-19/h5-10,13-14,16-17H,3-4,11-12,15,18H2,1-2H3. The van der Waals surface area contributed by atoms with Gasteiger partial charge in [0.25, 0.3) is 0 Å². The molecule has 0 bridgehead atoms. The highest BCUT2D eigenvalue weighted by Gasteiger charge is 2.27. The van der Waals surface area contributed by atoms with E-state index >= 15 is 0 Å². The van der Waals surface area contributed by atoms with Crippen LogP contribution < -0.4 is 0 Å². The minimum atomic E-state index is 0.373. The van der Waals surface area contributed by atoms with Crippen molar-refractivity contribution in [2.75, 3.05) is 0 Å². The molecule has 0 radical (unpaired) electrons. The van der Waals surface area contributed by atoms with Gasteiger partial charge in [0.15, 0.2) is 0 Å². The molecule has 0 aromatic heterocycles. The van der Waals surface area contributed by atoms with Crippen LogP contribution in [0.3, 0.4) is 0 Å². The molecule has 0 heteroatoms. The maximum Gasteiger partial charge on any atom is -0.00522 e. The molecule has 0 saturated carbocycles. The van der Waals surface area contributed by atoms with E-state index in [1.807, 2.05) is 0 Å². The summed E-state index contributed by atoms with van der Waals surface area (Å²) in [6.45, 7) is 4.68. The molecule has 0 fully saturated rings. The van der Waals surface area contributed by atoms with Gasteiger partial charge in [-0.3, -0.25) is 0 Å². The number of unbranched alkanes of at least 4 members (excludes halogenated alkanes) is 1. The molecule has 2 rings (SSSR count). The Morgan fingerprint density at radius 3 is 1.86 bits per heavy atom. The fraction of sp³-hybridized carbons (Fsp3) is 0.429. The molecule has 0 aliphatic rings. The van der Waals surface area contributed by atoms with Crippen LogP contribution in [0, 0.1) is 0 Å². The SMILES string of the molecule is CCC(CC)(CCCCc1ccccc1)c1ccccc1. The van der Waals surface area contributed by atoms with Gasteiger partial charge in [-0.2, -0.15) is 0 Å². The van der Waals surface area contributed by atoms with Gasteiger partial charge in [-0.25, -0.2) is 0 Å². The van der Waals surface area contributed by atoms with Crippen LogP contribution >= 0.6 is 0 Å². The molecule has 2 aromatic rings. The van der Waals surface area contributed by atoms with Crippen molar-refractivity contribution >= 4 is 0 Å². The van der Waals surface area contributed by atoms with Crippen molar-refractivity contribution in [3.05, 3.63) is 71.8 Å². The fourth-order valence-electron chi connectivity index (χ4n) is 3.39. The molecule has 0 unspecified atom stereocenters. The third-order valence-electron chi connectivity index (χ3n) is 4.95. The first-order valence-electron chi connectivity index (χ1n) is 8.40.